The summed E-state index contributed by atoms with van der Waals surface area (Å²) >= 11 is 3.72. The summed E-state index contributed by atoms with van der Waals surface area (Å²) in [5.41, 5.74) is 1.30. The average Bonchev–Trinajstić information content (AvgIpc) is 3.02. The Bertz CT molecular complexity index is 689. The highest BCUT2D eigenvalue weighted by molar-refractivity contribution is 14.1. The van der Waals surface area contributed by atoms with E-state index < -0.39 is 5.97 Å². The van der Waals surface area contributed by atoms with Crippen LogP contribution in [-0.4, -0.2) is 11.9 Å². The Labute approximate surface area is 127 Å². The van der Waals surface area contributed by atoms with Gasteiger partial charge in [-0.15, -0.1) is 11.3 Å². The van der Waals surface area contributed by atoms with E-state index in [0.29, 0.717) is 11.6 Å². The highest BCUT2D eigenvalue weighted by Crippen LogP contribution is 2.23. The molecule has 5 heteroatoms. The van der Waals surface area contributed by atoms with Crippen molar-refractivity contribution >= 4 is 51.9 Å². The molecular formula is C14H8INO2S. The average molecular weight is 381 g/mol. The second kappa shape index (κ2) is 5.26. The predicted octanol–water partition coefficient (Wildman–Crippen LogP) is 3.70. The van der Waals surface area contributed by atoms with Crippen LogP contribution in [-0.2, 0) is 9.53 Å². The highest BCUT2D eigenvalue weighted by atomic mass is 127. The number of halogens is 1. The van der Waals surface area contributed by atoms with Crippen molar-refractivity contribution in [2.45, 2.75) is 0 Å². The maximum absolute atomic E-state index is 11.8. The number of benzene rings is 1. The lowest BCUT2D eigenvalue weighted by molar-refractivity contribution is -0.129. The Morgan fingerprint density at radius 2 is 2.05 bits per heavy atom. The Morgan fingerprint density at radius 1 is 1.21 bits per heavy atom. The molecule has 0 fully saturated rings. The van der Waals surface area contributed by atoms with Crippen LogP contribution < -0.4 is 0 Å². The smallest absolute Gasteiger partial charge is 0.363 e. The van der Waals surface area contributed by atoms with E-state index in [1.165, 1.54) is 11.3 Å². The zero-order valence-corrected chi connectivity index (χ0v) is 12.6. The molecule has 1 aliphatic rings. The summed E-state index contributed by atoms with van der Waals surface area (Å²) in [6, 6.07) is 11.6. The lowest BCUT2D eigenvalue weighted by Gasteiger charge is -1.97. The third-order valence-corrected chi connectivity index (χ3v) is 4.39. The van der Waals surface area contributed by atoms with Crippen LogP contribution in [0.15, 0.2) is 52.5 Å². The minimum absolute atomic E-state index is 0.340. The molecule has 0 spiro atoms. The number of thiophene rings is 1. The maximum Gasteiger partial charge on any atom is 0.363 e. The summed E-state index contributed by atoms with van der Waals surface area (Å²) in [6.45, 7) is 0. The molecule has 3 nitrogen and oxygen atoms in total. The molecule has 2 aromatic rings. The van der Waals surface area contributed by atoms with Crippen molar-refractivity contribution in [3.63, 3.8) is 0 Å². The molecule has 0 atom stereocenters. The van der Waals surface area contributed by atoms with Crippen LogP contribution in [0.2, 0.25) is 0 Å². The van der Waals surface area contributed by atoms with Gasteiger partial charge in [-0.3, -0.25) is 0 Å². The fourth-order valence-corrected chi connectivity index (χ4v) is 2.85. The predicted molar refractivity (Wildman–Crippen MR) is 84.1 cm³/mol. The molecule has 0 aliphatic carbocycles. The molecule has 1 aromatic heterocycles. The third kappa shape index (κ3) is 2.62. The third-order valence-electron chi connectivity index (χ3n) is 2.55. The molecule has 94 valence electrons. The van der Waals surface area contributed by atoms with Gasteiger partial charge in [-0.1, -0.05) is 24.3 Å². The first kappa shape index (κ1) is 12.6. The highest BCUT2D eigenvalue weighted by Gasteiger charge is 2.24. The zero-order valence-electron chi connectivity index (χ0n) is 9.67. The number of cyclic esters (lactones) is 1. The van der Waals surface area contributed by atoms with E-state index in [1.54, 1.807) is 6.08 Å². The lowest BCUT2D eigenvalue weighted by Crippen LogP contribution is -2.03. The van der Waals surface area contributed by atoms with Gasteiger partial charge >= 0.3 is 5.97 Å². The molecule has 0 bridgehead atoms. The second-order valence-electron chi connectivity index (χ2n) is 3.83. The first-order valence-electron chi connectivity index (χ1n) is 5.55. The summed E-state index contributed by atoms with van der Waals surface area (Å²) in [7, 11) is 0. The van der Waals surface area contributed by atoms with E-state index in [2.05, 4.69) is 27.6 Å². The van der Waals surface area contributed by atoms with Crippen LogP contribution in [0.1, 0.15) is 10.4 Å². The standard InChI is InChI=1S/C14H8INO2S/c15-10-5-2-1-4-9(10)8-11-14(17)18-13(16-11)12-6-3-7-19-12/h1-8H/b11-8-. The van der Waals surface area contributed by atoms with Crippen molar-refractivity contribution in [1.82, 2.24) is 0 Å². The monoisotopic (exact) mass is 381 g/mol. The van der Waals surface area contributed by atoms with Crippen LogP contribution in [0.3, 0.4) is 0 Å². The van der Waals surface area contributed by atoms with Crippen molar-refractivity contribution in [1.29, 1.82) is 0 Å². The molecule has 19 heavy (non-hydrogen) atoms. The van der Waals surface area contributed by atoms with E-state index >= 15 is 0 Å². The number of carbonyl (C=O) groups is 1. The fraction of sp³-hybridized carbons (Fsp3) is 0. The van der Waals surface area contributed by atoms with Crippen LogP contribution in [0.4, 0.5) is 0 Å². The van der Waals surface area contributed by atoms with Gasteiger partial charge in [0.1, 0.15) is 0 Å². The Kier molecular flexibility index (Phi) is 3.48. The molecule has 2 heterocycles. The lowest BCUT2D eigenvalue weighted by atomic mass is 10.2. The van der Waals surface area contributed by atoms with Crippen LogP contribution in [0.25, 0.3) is 6.08 Å². The summed E-state index contributed by atoms with van der Waals surface area (Å²) in [5, 5.41) is 1.92. The van der Waals surface area contributed by atoms with Crippen LogP contribution >= 0.6 is 33.9 Å². The van der Waals surface area contributed by atoms with Gasteiger partial charge in [-0.25, -0.2) is 9.79 Å². The fourth-order valence-electron chi connectivity index (χ4n) is 1.65. The van der Waals surface area contributed by atoms with Gasteiger partial charge in [0.2, 0.25) is 5.90 Å². The maximum atomic E-state index is 11.8. The number of nitrogens with zero attached hydrogens (tertiary/aromatic N) is 1. The van der Waals surface area contributed by atoms with E-state index in [0.717, 1.165) is 14.0 Å². The minimum Gasteiger partial charge on any atom is -0.401 e. The molecule has 0 unspecified atom stereocenters. The number of hydrogen-bond acceptors (Lipinski definition) is 4. The van der Waals surface area contributed by atoms with Gasteiger partial charge in [0.05, 0.1) is 4.88 Å². The van der Waals surface area contributed by atoms with Gasteiger partial charge in [0.15, 0.2) is 5.70 Å². The van der Waals surface area contributed by atoms with Crippen molar-refractivity contribution in [3.05, 3.63) is 61.5 Å². The zero-order chi connectivity index (χ0) is 13.2. The number of aliphatic imine (C=N–C) groups is 1. The van der Waals surface area contributed by atoms with Gasteiger partial charge in [0.25, 0.3) is 0 Å². The normalized spacial score (nSPS) is 16.6. The molecule has 3 rings (SSSR count). The van der Waals surface area contributed by atoms with E-state index in [-0.39, 0.29) is 0 Å². The number of carbonyl (C=O) groups excluding carboxylic acids is 1. The molecule has 1 aliphatic heterocycles. The number of esters is 1. The van der Waals surface area contributed by atoms with Crippen molar-refractivity contribution in [2.24, 2.45) is 4.99 Å². The van der Waals surface area contributed by atoms with Crippen molar-refractivity contribution in [2.75, 3.05) is 0 Å². The SMILES string of the molecule is O=C1OC(c2cccs2)=N/C1=C\c1ccccc1I. The number of rotatable bonds is 2. The van der Waals surface area contributed by atoms with E-state index in [1.807, 2.05) is 41.8 Å². The van der Waals surface area contributed by atoms with E-state index in [9.17, 15) is 4.79 Å². The summed E-state index contributed by atoms with van der Waals surface area (Å²) in [5.74, 6) is -0.0137. The first-order chi connectivity index (χ1) is 9.24. The molecule has 0 saturated carbocycles. The summed E-state index contributed by atoms with van der Waals surface area (Å²) < 4.78 is 6.25. The first-order valence-corrected chi connectivity index (χ1v) is 7.51. The van der Waals surface area contributed by atoms with Crippen LogP contribution in [0.5, 0.6) is 0 Å². The minimum atomic E-state index is -0.400. The van der Waals surface area contributed by atoms with Gasteiger partial charge in [-0.2, -0.15) is 0 Å². The molecule has 0 N–H and O–H groups in total. The quantitative estimate of drug-likeness (QED) is 0.452. The number of hydrogen-bond donors (Lipinski definition) is 0. The van der Waals surface area contributed by atoms with Gasteiger partial charge < -0.3 is 4.74 Å². The molecule has 0 saturated heterocycles. The molecule has 0 radical (unpaired) electrons. The largest absolute Gasteiger partial charge is 0.401 e. The molecule has 0 amide bonds. The van der Waals surface area contributed by atoms with Crippen molar-refractivity contribution in [3.8, 4) is 0 Å². The summed E-state index contributed by atoms with van der Waals surface area (Å²) in [6.07, 6.45) is 1.75. The number of ether oxygens (including phenoxy) is 1. The van der Waals surface area contributed by atoms with Crippen LogP contribution in [0, 0.1) is 3.57 Å². The van der Waals surface area contributed by atoms with Gasteiger partial charge in [0, 0.05) is 3.57 Å². The van der Waals surface area contributed by atoms with E-state index in [4.69, 9.17) is 4.74 Å². The Balaban J connectivity index is 1.98. The molecule has 1 aromatic carbocycles. The molecular weight excluding hydrogens is 373 g/mol. The second-order valence-corrected chi connectivity index (χ2v) is 5.94. The Morgan fingerprint density at radius 3 is 2.79 bits per heavy atom. The summed E-state index contributed by atoms with van der Waals surface area (Å²) in [4.78, 5) is 16.9. The van der Waals surface area contributed by atoms with Gasteiger partial charge in [-0.05, 0) is 51.7 Å². The topological polar surface area (TPSA) is 38.7 Å². The van der Waals surface area contributed by atoms with Crippen molar-refractivity contribution < 1.29 is 9.53 Å². The Hall–Kier alpha value is -1.47.